The summed E-state index contributed by atoms with van der Waals surface area (Å²) in [6, 6.07) is 14.1. The van der Waals surface area contributed by atoms with E-state index in [1.165, 1.54) is 11.1 Å². The maximum absolute atomic E-state index is 12.5. The zero-order valence-electron chi connectivity index (χ0n) is 15.6. The number of likely N-dealkylation sites (N-methyl/N-ethyl adjacent to an activating group) is 1. The lowest BCUT2D eigenvalue weighted by Crippen LogP contribution is -2.30. The molecule has 0 saturated heterocycles. The Morgan fingerprint density at radius 3 is 2.32 bits per heavy atom. The predicted molar refractivity (Wildman–Crippen MR) is 103 cm³/mol. The summed E-state index contributed by atoms with van der Waals surface area (Å²) in [5.41, 5.74) is 4.47. The molecule has 2 aromatic rings. The zero-order valence-corrected chi connectivity index (χ0v) is 15.6. The number of aryl methyl sites for hydroxylation is 2. The van der Waals surface area contributed by atoms with Crippen molar-refractivity contribution in [2.75, 3.05) is 26.0 Å². The van der Waals surface area contributed by atoms with Crippen molar-refractivity contribution in [3.8, 4) is 5.75 Å². The van der Waals surface area contributed by atoms with Crippen molar-refractivity contribution in [2.45, 2.75) is 33.2 Å². The summed E-state index contributed by atoms with van der Waals surface area (Å²) in [7, 11) is 3.61. The predicted octanol–water partition coefficient (Wildman–Crippen LogP) is 3.89. The van der Waals surface area contributed by atoms with Crippen LogP contribution < -0.4 is 10.1 Å². The van der Waals surface area contributed by atoms with E-state index in [9.17, 15) is 4.79 Å². The Labute approximate surface area is 150 Å². The molecule has 0 aliphatic rings. The molecule has 0 saturated carbocycles. The molecule has 0 radical (unpaired) electrons. The second-order valence-corrected chi connectivity index (χ2v) is 6.23. The van der Waals surface area contributed by atoms with Gasteiger partial charge in [0.05, 0.1) is 13.7 Å². The van der Waals surface area contributed by atoms with Crippen molar-refractivity contribution < 1.29 is 9.53 Å². The minimum absolute atomic E-state index is 0.0148. The van der Waals surface area contributed by atoms with Crippen LogP contribution in [0.1, 0.15) is 30.5 Å². The van der Waals surface area contributed by atoms with Gasteiger partial charge in [-0.25, -0.2) is 0 Å². The van der Waals surface area contributed by atoms with E-state index in [2.05, 4.69) is 37.4 Å². The number of nitrogens with zero attached hydrogens (tertiary/aromatic N) is 1. The Bertz CT molecular complexity index is 691. The highest BCUT2D eigenvalue weighted by molar-refractivity contribution is 5.93. The number of ether oxygens (including phenoxy) is 1. The fourth-order valence-corrected chi connectivity index (χ4v) is 2.97. The second-order valence-electron chi connectivity index (χ2n) is 6.23. The van der Waals surface area contributed by atoms with E-state index in [0.717, 1.165) is 29.8 Å². The average molecular weight is 340 g/mol. The topological polar surface area (TPSA) is 41.6 Å². The fourth-order valence-electron chi connectivity index (χ4n) is 2.97. The van der Waals surface area contributed by atoms with Crippen LogP contribution in [-0.2, 0) is 24.2 Å². The number of methoxy groups -OCH3 is 1. The molecule has 2 rings (SSSR count). The second kappa shape index (κ2) is 9.23. The third-order valence-electron chi connectivity index (χ3n) is 4.26. The van der Waals surface area contributed by atoms with Crippen LogP contribution in [0.4, 0.5) is 5.69 Å². The first-order chi connectivity index (χ1) is 12.1. The first-order valence-corrected chi connectivity index (χ1v) is 8.79. The molecule has 4 nitrogen and oxygen atoms in total. The molecule has 0 heterocycles. The van der Waals surface area contributed by atoms with E-state index in [-0.39, 0.29) is 5.91 Å². The highest BCUT2D eigenvalue weighted by Gasteiger charge is 2.12. The third-order valence-corrected chi connectivity index (χ3v) is 4.26. The van der Waals surface area contributed by atoms with Crippen LogP contribution in [-0.4, -0.2) is 31.5 Å². The molecular weight excluding hydrogens is 312 g/mol. The molecule has 0 atom stereocenters. The number of amides is 1. The zero-order chi connectivity index (χ0) is 18.2. The van der Waals surface area contributed by atoms with Gasteiger partial charge in [-0.05, 0) is 48.7 Å². The van der Waals surface area contributed by atoms with Crippen LogP contribution in [0.2, 0.25) is 0 Å². The molecule has 1 N–H and O–H groups in total. The van der Waals surface area contributed by atoms with Crippen LogP contribution in [0.3, 0.4) is 0 Å². The summed E-state index contributed by atoms with van der Waals surface area (Å²) in [6.07, 6.45) is 1.81. The lowest BCUT2D eigenvalue weighted by molar-refractivity contribution is -0.117. The van der Waals surface area contributed by atoms with Gasteiger partial charge in [-0.2, -0.15) is 0 Å². The van der Waals surface area contributed by atoms with Gasteiger partial charge >= 0.3 is 0 Å². The fraction of sp³-hybridized carbons (Fsp3) is 0.381. The standard InChI is InChI=1S/C21H28N2O2/c1-5-17-10-8-11-18(6-2)21(17)22-20(24)15-23(3)14-16-9-7-12-19(13-16)25-4/h7-13H,5-6,14-15H2,1-4H3,(H,22,24). The minimum Gasteiger partial charge on any atom is -0.497 e. The highest BCUT2D eigenvalue weighted by Crippen LogP contribution is 2.22. The number of carbonyl (C=O) groups excluding carboxylic acids is 1. The molecule has 134 valence electrons. The number of benzene rings is 2. The highest BCUT2D eigenvalue weighted by atomic mass is 16.5. The van der Waals surface area contributed by atoms with Crippen molar-refractivity contribution in [3.63, 3.8) is 0 Å². The summed E-state index contributed by atoms with van der Waals surface area (Å²) in [4.78, 5) is 14.5. The molecule has 2 aromatic carbocycles. The van der Waals surface area contributed by atoms with Crippen LogP contribution in [0.5, 0.6) is 5.75 Å². The number of hydrogen-bond donors (Lipinski definition) is 1. The maximum atomic E-state index is 12.5. The number of hydrogen-bond acceptors (Lipinski definition) is 3. The Morgan fingerprint density at radius 1 is 1.08 bits per heavy atom. The van der Waals surface area contributed by atoms with Gasteiger partial charge in [-0.3, -0.25) is 9.69 Å². The summed E-state index contributed by atoms with van der Waals surface area (Å²) < 4.78 is 5.25. The van der Waals surface area contributed by atoms with Gasteiger partial charge < -0.3 is 10.1 Å². The van der Waals surface area contributed by atoms with Crippen molar-refractivity contribution in [2.24, 2.45) is 0 Å². The van der Waals surface area contributed by atoms with E-state index in [4.69, 9.17) is 4.74 Å². The van der Waals surface area contributed by atoms with Crippen molar-refractivity contribution >= 4 is 11.6 Å². The maximum Gasteiger partial charge on any atom is 0.238 e. The Morgan fingerprint density at radius 2 is 1.72 bits per heavy atom. The smallest absolute Gasteiger partial charge is 0.238 e. The first kappa shape index (κ1) is 19.0. The molecule has 0 aliphatic heterocycles. The molecule has 4 heteroatoms. The first-order valence-electron chi connectivity index (χ1n) is 8.79. The van der Waals surface area contributed by atoms with Gasteiger partial charge in [-0.1, -0.05) is 44.2 Å². The van der Waals surface area contributed by atoms with E-state index in [1.54, 1.807) is 7.11 Å². The normalized spacial score (nSPS) is 10.8. The van der Waals surface area contributed by atoms with E-state index in [1.807, 2.05) is 36.2 Å². The van der Waals surface area contributed by atoms with E-state index >= 15 is 0 Å². The number of rotatable bonds is 8. The van der Waals surface area contributed by atoms with Crippen molar-refractivity contribution in [3.05, 3.63) is 59.2 Å². The number of anilines is 1. The van der Waals surface area contributed by atoms with Gasteiger partial charge in [0.2, 0.25) is 5.91 Å². The monoisotopic (exact) mass is 340 g/mol. The third kappa shape index (κ3) is 5.33. The summed E-state index contributed by atoms with van der Waals surface area (Å²) >= 11 is 0. The van der Waals surface area contributed by atoms with Crippen molar-refractivity contribution in [1.29, 1.82) is 0 Å². The van der Waals surface area contributed by atoms with Gasteiger partial charge in [0.15, 0.2) is 0 Å². The van der Waals surface area contributed by atoms with Gasteiger partial charge in [0.25, 0.3) is 0 Å². The number of nitrogens with one attached hydrogen (secondary N) is 1. The summed E-state index contributed by atoms with van der Waals surface area (Å²) in [5, 5.41) is 3.11. The van der Waals surface area contributed by atoms with Gasteiger partial charge in [0.1, 0.15) is 5.75 Å². The largest absolute Gasteiger partial charge is 0.497 e. The number of para-hydroxylation sites is 1. The van der Waals surface area contributed by atoms with Crippen molar-refractivity contribution in [1.82, 2.24) is 4.90 Å². The van der Waals surface area contributed by atoms with E-state index in [0.29, 0.717) is 13.1 Å². The minimum atomic E-state index is 0.0148. The number of carbonyl (C=O) groups is 1. The van der Waals surface area contributed by atoms with Crippen LogP contribution in [0.15, 0.2) is 42.5 Å². The molecule has 0 unspecified atom stereocenters. The average Bonchev–Trinajstić information content (AvgIpc) is 2.61. The van der Waals surface area contributed by atoms with E-state index < -0.39 is 0 Å². The van der Waals surface area contributed by atoms with Gasteiger partial charge in [-0.15, -0.1) is 0 Å². The Balaban J connectivity index is 2.00. The van der Waals surface area contributed by atoms with Crippen LogP contribution in [0, 0.1) is 0 Å². The molecule has 0 spiro atoms. The lowest BCUT2D eigenvalue weighted by Gasteiger charge is -2.19. The quantitative estimate of drug-likeness (QED) is 0.793. The molecule has 25 heavy (non-hydrogen) atoms. The summed E-state index contributed by atoms with van der Waals surface area (Å²) in [6.45, 7) is 5.26. The molecule has 0 aliphatic carbocycles. The molecular formula is C21H28N2O2. The van der Waals surface area contributed by atoms with Crippen LogP contribution >= 0.6 is 0 Å². The van der Waals surface area contributed by atoms with Gasteiger partial charge in [0, 0.05) is 12.2 Å². The summed E-state index contributed by atoms with van der Waals surface area (Å²) in [5.74, 6) is 0.848. The SMILES string of the molecule is CCc1cccc(CC)c1NC(=O)CN(C)Cc1cccc(OC)c1. The molecule has 0 bridgehead atoms. The molecule has 0 fully saturated rings. The Kier molecular flexibility index (Phi) is 7.02. The molecule has 0 aromatic heterocycles. The Hall–Kier alpha value is -2.33. The lowest BCUT2D eigenvalue weighted by atomic mass is 10.0. The van der Waals surface area contributed by atoms with Crippen LogP contribution in [0.25, 0.3) is 0 Å². The molecule has 1 amide bonds.